The second-order valence-electron chi connectivity index (χ2n) is 15.0. The Hall–Kier alpha value is -1.25. The first-order valence-corrected chi connectivity index (χ1v) is 23.7. The Balaban J connectivity index is 3.56. The summed E-state index contributed by atoms with van der Waals surface area (Å²) < 4.78 is 26.9. The molecule has 0 heterocycles. The lowest BCUT2D eigenvalue weighted by molar-refractivity contribution is -0.147. The number of carbonyl (C=O) groups excluding carboxylic acids is 2. The summed E-state index contributed by atoms with van der Waals surface area (Å²) >= 11 is 0. The van der Waals surface area contributed by atoms with Crippen LogP contribution in [-0.2, 0) is 27.9 Å². The quantitative estimate of drug-likeness (QED) is 0.0242. The SMILES string of the molecule is CCCCCCCC/C=C/CCCCCCCCCCCC(=O)OCC(O)COP(=O)(O)OCCNC(=O)CCCCCCCCCCCCCCC. The summed E-state index contributed by atoms with van der Waals surface area (Å²) in [6.07, 6.45) is 41.4. The zero-order valence-corrected chi connectivity index (χ0v) is 35.4. The zero-order valence-electron chi connectivity index (χ0n) is 34.5. The van der Waals surface area contributed by atoms with Gasteiger partial charge < -0.3 is 20.1 Å². The molecule has 314 valence electrons. The van der Waals surface area contributed by atoms with Gasteiger partial charge >= 0.3 is 13.8 Å². The Kier molecular flexibility index (Phi) is 39.5. The van der Waals surface area contributed by atoms with Crippen molar-refractivity contribution in [3.63, 3.8) is 0 Å². The number of aliphatic hydroxyl groups is 1. The Labute approximate surface area is 326 Å². The van der Waals surface area contributed by atoms with Crippen molar-refractivity contribution in [3.05, 3.63) is 12.2 Å². The smallest absolute Gasteiger partial charge is 0.463 e. The van der Waals surface area contributed by atoms with E-state index < -0.39 is 26.5 Å². The van der Waals surface area contributed by atoms with Gasteiger partial charge in [-0.1, -0.05) is 180 Å². The van der Waals surface area contributed by atoms with Crippen LogP contribution in [0.2, 0.25) is 0 Å². The first-order chi connectivity index (χ1) is 25.8. The molecule has 0 saturated carbocycles. The van der Waals surface area contributed by atoms with Crippen LogP contribution in [0.15, 0.2) is 12.2 Å². The number of hydrogen-bond donors (Lipinski definition) is 3. The number of nitrogens with one attached hydrogen (secondary N) is 1. The molecule has 0 rings (SSSR count). The normalized spacial score (nSPS) is 13.4. The molecule has 0 aliphatic carbocycles. The van der Waals surface area contributed by atoms with Crippen molar-refractivity contribution in [2.45, 2.75) is 225 Å². The number of aliphatic hydroxyl groups excluding tert-OH is 1. The van der Waals surface area contributed by atoms with Gasteiger partial charge in [0.1, 0.15) is 12.7 Å². The lowest BCUT2D eigenvalue weighted by atomic mass is 10.0. The maximum atomic E-state index is 12.1. The predicted octanol–water partition coefficient (Wildman–Crippen LogP) is 12.2. The van der Waals surface area contributed by atoms with E-state index in [1.807, 2.05) is 0 Å². The van der Waals surface area contributed by atoms with Gasteiger partial charge in [0.15, 0.2) is 0 Å². The Morgan fingerprint density at radius 3 is 1.42 bits per heavy atom. The maximum absolute atomic E-state index is 12.1. The van der Waals surface area contributed by atoms with E-state index in [-0.39, 0.29) is 32.1 Å². The Bertz CT molecular complexity index is 886. The van der Waals surface area contributed by atoms with Gasteiger partial charge in [0.2, 0.25) is 5.91 Å². The zero-order chi connectivity index (χ0) is 38.9. The minimum absolute atomic E-state index is 0.0861. The number of amides is 1. The fraction of sp³-hybridized carbons (Fsp3) is 0.907. The first kappa shape index (κ1) is 51.8. The van der Waals surface area contributed by atoms with E-state index in [1.54, 1.807) is 0 Å². The van der Waals surface area contributed by atoms with Crippen LogP contribution in [0.4, 0.5) is 0 Å². The van der Waals surface area contributed by atoms with Crippen LogP contribution in [-0.4, -0.2) is 54.3 Å². The number of ether oxygens (including phenoxy) is 1. The molecule has 1 amide bonds. The molecule has 2 unspecified atom stereocenters. The summed E-state index contributed by atoms with van der Waals surface area (Å²) in [5.74, 6) is -0.510. The third-order valence-corrected chi connectivity index (χ3v) is 10.7. The van der Waals surface area contributed by atoms with E-state index >= 15 is 0 Å². The fourth-order valence-electron chi connectivity index (χ4n) is 6.32. The monoisotopic (exact) mass is 774 g/mol. The number of phosphoric acid groups is 1. The maximum Gasteiger partial charge on any atom is 0.472 e. The van der Waals surface area contributed by atoms with Crippen molar-refractivity contribution in [2.24, 2.45) is 0 Å². The van der Waals surface area contributed by atoms with Crippen LogP contribution in [0.1, 0.15) is 219 Å². The molecular formula is C43H84NO8P. The van der Waals surface area contributed by atoms with E-state index in [9.17, 15) is 24.2 Å². The van der Waals surface area contributed by atoms with Gasteiger partial charge in [-0.05, 0) is 38.5 Å². The van der Waals surface area contributed by atoms with Gasteiger partial charge in [-0.25, -0.2) is 4.57 Å². The summed E-state index contributed by atoms with van der Waals surface area (Å²) in [6.45, 7) is 3.57. The third-order valence-electron chi connectivity index (χ3n) is 9.70. The largest absolute Gasteiger partial charge is 0.472 e. The molecule has 0 saturated heterocycles. The highest BCUT2D eigenvalue weighted by atomic mass is 31.2. The second-order valence-corrected chi connectivity index (χ2v) is 16.5. The summed E-state index contributed by atoms with van der Waals surface area (Å²) in [7, 11) is -4.41. The Morgan fingerprint density at radius 1 is 0.566 bits per heavy atom. The lowest BCUT2D eigenvalue weighted by Gasteiger charge is -2.15. The molecule has 9 nitrogen and oxygen atoms in total. The van der Waals surface area contributed by atoms with E-state index in [2.05, 4.69) is 31.3 Å². The average molecular weight is 774 g/mol. The minimum atomic E-state index is -4.41. The van der Waals surface area contributed by atoms with E-state index in [1.165, 1.54) is 154 Å². The molecule has 2 atom stereocenters. The van der Waals surface area contributed by atoms with Gasteiger partial charge in [0.05, 0.1) is 13.2 Å². The van der Waals surface area contributed by atoms with Crippen molar-refractivity contribution >= 4 is 19.7 Å². The molecule has 0 aromatic carbocycles. The van der Waals surface area contributed by atoms with E-state index in [4.69, 9.17) is 13.8 Å². The summed E-state index contributed by atoms with van der Waals surface area (Å²) in [5.41, 5.74) is 0. The third kappa shape index (κ3) is 41.7. The molecule has 0 aromatic rings. The number of unbranched alkanes of at least 4 members (excludes halogenated alkanes) is 27. The molecule has 0 bridgehead atoms. The average Bonchev–Trinajstić information content (AvgIpc) is 3.14. The Morgan fingerprint density at radius 2 is 0.962 bits per heavy atom. The highest BCUT2D eigenvalue weighted by Crippen LogP contribution is 2.42. The number of allylic oxidation sites excluding steroid dienone is 2. The molecule has 53 heavy (non-hydrogen) atoms. The van der Waals surface area contributed by atoms with Crippen molar-refractivity contribution < 1.29 is 37.9 Å². The van der Waals surface area contributed by atoms with Crippen molar-refractivity contribution in [1.29, 1.82) is 0 Å². The molecule has 0 spiro atoms. The second kappa shape index (κ2) is 40.4. The molecule has 10 heteroatoms. The lowest BCUT2D eigenvalue weighted by Crippen LogP contribution is -2.27. The van der Waals surface area contributed by atoms with E-state index in [0.717, 1.165) is 38.5 Å². The molecule has 0 aliphatic heterocycles. The minimum Gasteiger partial charge on any atom is -0.463 e. The van der Waals surface area contributed by atoms with Gasteiger partial charge in [-0.2, -0.15) is 0 Å². The topological polar surface area (TPSA) is 131 Å². The van der Waals surface area contributed by atoms with Crippen LogP contribution in [0.3, 0.4) is 0 Å². The van der Waals surface area contributed by atoms with Crippen LogP contribution >= 0.6 is 7.82 Å². The molecule has 0 fully saturated rings. The predicted molar refractivity (Wildman–Crippen MR) is 220 cm³/mol. The van der Waals surface area contributed by atoms with Crippen LogP contribution in [0.5, 0.6) is 0 Å². The molecule has 0 radical (unpaired) electrons. The summed E-state index contributed by atoms with van der Waals surface area (Å²) in [5, 5.41) is 12.7. The number of carbonyl (C=O) groups is 2. The number of esters is 1. The summed E-state index contributed by atoms with van der Waals surface area (Å²) in [6, 6.07) is 0. The molecular weight excluding hydrogens is 689 g/mol. The van der Waals surface area contributed by atoms with Crippen LogP contribution in [0, 0.1) is 0 Å². The van der Waals surface area contributed by atoms with Gasteiger partial charge in [-0.3, -0.25) is 18.6 Å². The van der Waals surface area contributed by atoms with Crippen molar-refractivity contribution in [2.75, 3.05) is 26.4 Å². The van der Waals surface area contributed by atoms with Crippen LogP contribution < -0.4 is 5.32 Å². The van der Waals surface area contributed by atoms with E-state index in [0.29, 0.717) is 6.42 Å². The molecule has 3 N–H and O–H groups in total. The van der Waals surface area contributed by atoms with Gasteiger partial charge in [-0.15, -0.1) is 0 Å². The number of rotatable bonds is 42. The van der Waals surface area contributed by atoms with Crippen molar-refractivity contribution in [1.82, 2.24) is 5.32 Å². The van der Waals surface area contributed by atoms with Crippen LogP contribution in [0.25, 0.3) is 0 Å². The van der Waals surface area contributed by atoms with Gasteiger partial charge in [0, 0.05) is 19.4 Å². The first-order valence-electron chi connectivity index (χ1n) is 22.2. The number of hydrogen-bond acceptors (Lipinski definition) is 7. The fourth-order valence-corrected chi connectivity index (χ4v) is 7.07. The molecule has 0 aromatic heterocycles. The van der Waals surface area contributed by atoms with Gasteiger partial charge in [0.25, 0.3) is 0 Å². The molecule has 0 aliphatic rings. The summed E-state index contributed by atoms with van der Waals surface area (Å²) in [4.78, 5) is 33.9. The highest BCUT2D eigenvalue weighted by Gasteiger charge is 2.23. The standard InChI is InChI=1S/C43H84NO8P/c1-3-5-7-9-11-13-15-17-18-19-20-21-22-24-26-28-30-32-34-36-43(47)50-39-41(45)40-52-53(48,49)51-38-37-44-42(46)35-33-31-29-27-25-23-16-14-12-10-8-6-4-2/h17-18,41,45H,3-16,19-40H2,1-2H3,(H,44,46)(H,48,49)/b18-17+. The highest BCUT2D eigenvalue weighted by molar-refractivity contribution is 7.47. The van der Waals surface area contributed by atoms with Crippen molar-refractivity contribution in [3.8, 4) is 0 Å². The number of phosphoric ester groups is 1.